The van der Waals surface area contributed by atoms with E-state index in [1.165, 1.54) is 4.90 Å². The lowest BCUT2D eigenvalue weighted by Gasteiger charge is -2.31. The molecule has 0 fully saturated rings. The van der Waals surface area contributed by atoms with Gasteiger partial charge in [0.05, 0.1) is 0 Å². The summed E-state index contributed by atoms with van der Waals surface area (Å²) in [6.07, 6.45) is 3.31. The summed E-state index contributed by atoms with van der Waals surface area (Å²) in [5.74, 6) is -1.19. The van der Waals surface area contributed by atoms with Gasteiger partial charge in [-0.25, -0.2) is 4.79 Å². The molecular weight excluding hydrogens is 262 g/mol. The van der Waals surface area contributed by atoms with Gasteiger partial charge in [-0.1, -0.05) is 31.2 Å². The van der Waals surface area contributed by atoms with Gasteiger partial charge in [-0.3, -0.25) is 4.79 Å². The number of rotatable bonds is 3. The van der Waals surface area contributed by atoms with Gasteiger partial charge in [0.15, 0.2) is 6.04 Å². The fraction of sp³-hybridized carbons (Fsp3) is 0.286. The van der Waals surface area contributed by atoms with Crippen LogP contribution in [0.15, 0.2) is 30.5 Å². The number of amides is 1. The van der Waals surface area contributed by atoms with Crippen LogP contribution >= 0.6 is 12.6 Å². The minimum absolute atomic E-state index is 0.229. The number of aliphatic carboxylic acids is 1. The van der Waals surface area contributed by atoms with E-state index in [2.05, 4.69) is 12.6 Å². The summed E-state index contributed by atoms with van der Waals surface area (Å²) in [5, 5.41) is 9.41. The fourth-order valence-corrected chi connectivity index (χ4v) is 2.25. The first kappa shape index (κ1) is 13.7. The molecule has 0 unspecified atom stereocenters. The summed E-state index contributed by atoms with van der Waals surface area (Å²) in [6.45, 7) is 1.74. The Balaban J connectivity index is 2.43. The predicted octanol–water partition coefficient (Wildman–Crippen LogP) is 2.19. The van der Waals surface area contributed by atoms with Crippen LogP contribution in [0.25, 0.3) is 6.08 Å². The molecule has 2 atom stereocenters. The highest BCUT2D eigenvalue weighted by Gasteiger charge is 2.34. The molecule has 1 aromatic carbocycles. The minimum atomic E-state index is -1.03. The van der Waals surface area contributed by atoms with E-state index in [4.69, 9.17) is 0 Å². The lowest BCUT2D eigenvalue weighted by atomic mass is 9.95. The van der Waals surface area contributed by atoms with Gasteiger partial charge < -0.3 is 10.0 Å². The highest BCUT2D eigenvalue weighted by atomic mass is 32.1. The number of benzene rings is 1. The van der Waals surface area contributed by atoms with Crippen molar-refractivity contribution < 1.29 is 14.7 Å². The van der Waals surface area contributed by atoms with Crippen LogP contribution in [0.4, 0.5) is 0 Å². The van der Waals surface area contributed by atoms with Gasteiger partial charge in [-0.15, -0.1) is 0 Å². The number of carbonyl (C=O) groups excluding carboxylic acids is 1. The number of carboxylic acids is 1. The Kier molecular flexibility index (Phi) is 3.95. The van der Waals surface area contributed by atoms with Crippen molar-refractivity contribution in [3.63, 3.8) is 0 Å². The van der Waals surface area contributed by atoms with Crippen molar-refractivity contribution in [3.8, 4) is 0 Å². The van der Waals surface area contributed by atoms with Gasteiger partial charge in [0, 0.05) is 17.9 Å². The van der Waals surface area contributed by atoms with Crippen molar-refractivity contribution >= 4 is 30.6 Å². The fourth-order valence-electron chi connectivity index (χ4n) is 2.09. The maximum Gasteiger partial charge on any atom is 0.331 e. The predicted molar refractivity (Wildman–Crippen MR) is 75.7 cm³/mol. The molecular formula is C14H15NO3S. The highest BCUT2D eigenvalue weighted by molar-refractivity contribution is 7.80. The van der Waals surface area contributed by atoms with Crippen LogP contribution in [-0.4, -0.2) is 27.6 Å². The molecule has 4 nitrogen and oxygen atoms in total. The summed E-state index contributed by atoms with van der Waals surface area (Å²) in [4.78, 5) is 25.0. The minimum Gasteiger partial charge on any atom is -0.479 e. The Bertz CT molecular complexity index is 541. The van der Waals surface area contributed by atoms with Crippen molar-refractivity contribution in [1.29, 1.82) is 0 Å². The summed E-state index contributed by atoms with van der Waals surface area (Å²) >= 11 is 4.09. The standard InChI is InChI=1S/C14H15NO3S/c1-9(8-19)13(16)15-7-6-10-4-2-3-5-11(10)12(15)14(17)18/h2-7,9,12,19H,8H2,1H3,(H,17,18)/t9-,12+/m1/s1. The second-order valence-electron chi connectivity index (χ2n) is 4.51. The van der Waals surface area contributed by atoms with Crippen LogP contribution in [0.1, 0.15) is 24.1 Å². The highest BCUT2D eigenvalue weighted by Crippen LogP contribution is 2.31. The Morgan fingerprint density at radius 1 is 1.42 bits per heavy atom. The van der Waals surface area contributed by atoms with E-state index in [0.717, 1.165) is 5.56 Å². The van der Waals surface area contributed by atoms with Crippen LogP contribution in [0, 0.1) is 5.92 Å². The third-order valence-electron chi connectivity index (χ3n) is 3.17. The summed E-state index contributed by atoms with van der Waals surface area (Å²) in [5.41, 5.74) is 1.47. The number of nitrogens with zero attached hydrogens (tertiary/aromatic N) is 1. The molecule has 1 heterocycles. The van der Waals surface area contributed by atoms with E-state index < -0.39 is 12.0 Å². The average Bonchev–Trinajstić information content (AvgIpc) is 2.44. The van der Waals surface area contributed by atoms with Crippen molar-refractivity contribution in [2.45, 2.75) is 13.0 Å². The van der Waals surface area contributed by atoms with Crippen LogP contribution in [0.2, 0.25) is 0 Å². The Hall–Kier alpha value is -1.75. The zero-order chi connectivity index (χ0) is 14.0. The van der Waals surface area contributed by atoms with Crippen LogP contribution in [0.5, 0.6) is 0 Å². The van der Waals surface area contributed by atoms with Crippen LogP contribution in [0.3, 0.4) is 0 Å². The summed E-state index contributed by atoms with van der Waals surface area (Å²) in [6, 6.07) is 6.24. The topological polar surface area (TPSA) is 57.6 Å². The first-order chi connectivity index (χ1) is 9.06. The lowest BCUT2D eigenvalue weighted by molar-refractivity contribution is -0.149. The van der Waals surface area contributed by atoms with Gasteiger partial charge >= 0.3 is 5.97 Å². The zero-order valence-electron chi connectivity index (χ0n) is 10.5. The molecule has 0 spiro atoms. The maximum absolute atomic E-state index is 12.2. The Labute approximate surface area is 117 Å². The van der Waals surface area contributed by atoms with Crippen molar-refractivity contribution in [2.75, 3.05) is 5.75 Å². The molecule has 0 radical (unpaired) electrons. The first-order valence-corrected chi connectivity index (χ1v) is 6.62. The molecule has 1 aliphatic rings. The van der Waals surface area contributed by atoms with Gasteiger partial charge in [-0.2, -0.15) is 12.6 Å². The molecule has 0 aromatic heterocycles. The SMILES string of the molecule is C[C@H](CS)C(=O)N1C=Cc2ccccc2[C@H]1C(=O)O. The number of thiol groups is 1. The number of hydrogen-bond acceptors (Lipinski definition) is 3. The molecule has 1 N–H and O–H groups in total. The molecule has 19 heavy (non-hydrogen) atoms. The van der Waals surface area contributed by atoms with E-state index in [-0.39, 0.29) is 11.8 Å². The largest absolute Gasteiger partial charge is 0.479 e. The van der Waals surface area contributed by atoms with E-state index in [0.29, 0.717) is 11.3 Å². The average molecular weight is 277 g/mol. The molecule has 1 amide bonds. The van der Waals surface area contributed by atoms with Gasteiger partial charge in [0.1, 0.15) is 0 Å². The van der Waals surface area contributed by atoms with Crippen molar-refractivity contribution in [1.82, 2.24) is 4.90 Å². The Morgan fingerprint density at radius 3 is 2.74 bits per heavy atom. The quantitative estimate of drug-likeness (QED) is 0.833. The van der Waals surface area contributed by atoms with Crippen LogP contribution < -0.4 is 0 Å². The Morgan fingerprint density at radius 2 is 2.11 bits per heavy atom. The smallest absolute Gasteiger partial charge is 0.331 e. The number of fused-ring (bicyclic) bond motifs is 1. The molecule has 2 rings (SSSR count). The molecule has 0 saturated carbocycles. The maximum atomic E-state index is 12.2. The lowest BCUT2D eigenvalue weighted by Crippen LogP contribution is -2.40. The second kappa shape index (κ2) is 5.48. The summed E-state index contributed by atoms with van der Waals surface area (Å²) < 4.78 is 0. The van der Waals surface area contributed by atoms with Gasteiger partial charge in [-0.05, 0) is 17.2 Å². The monoisotopic (exact) mass is 277 g/mol. The third-order valence-corrected chi connectivity index (χ3v) is 3.72. The zero-order valence-corrected chi connectivity index (χ0v) is 11.4. The van der Waals surface area contributed by atoms with E-state index in [9.17, 15) is 14.7 Å². The normalized spacial score (nSPS) is 18.8. The van der Waals surface area contributed by atoms with Gasteiger partial charge in [0.25, 0.3) is 0 Å². The van der Waals surface area contributed by atoms with E-state index in [1.807, 2.05) is 12.1 Å². The third kappa shape index (κ3) is 2.51. The number of hydrogen-bond donors (Lipinski definition) is 2. The molecule has 1 aliphatic heterocycles. The summed E-state index contributed by atoms with van der Waals surface area (Å²) in [7, 11) is 0. The second-order valence-corrected chi connectivity index (χ2v) is 4.88. The van der Waals surface area contributed by atoms with Crippen molar-refractivity contribution in [2.24, 2.45) is 5.92 Å². The number of carboxylic acid groups (broad SMARTS) is 1. The molecule has 0 aliphatic carbocycles. The van der Waals surface area contributed by atoms with Gasteiger partial charge in [0.2, 0.25) is 5.91 Å². The molecule has 5 heteroatoms. The molecule has 0 bridgehead atoms. The van der Waals surface area contributed by atoms with E-state index in [1.54, 1.807) is 31.3 Å². The molecule has 0 saturated heterocycles. The van der Waals surface area contributed by atoms with Crippen LogP contribution in [-0.2, 0) is 9.59 Å². The first-order valence-electron chi connectivity index (χ1n) is 5.99. The van der Waals surface area contributed by atoms with Crippen molar-refractivity contribution in [3.05, 3.63) is 41.6 Å². The molecule has 1 aromatic rings. The number of carbonyl (C=O) groups is 2. The van der Waals surface area contributed by atoms with E-state index >= 15 is 0 Å². The molecule has 100 valence electrons.